The zero-order valence-electron chi connectivity index (χ0n) is 9.11. The summed E-state index contributed by atoms with van der Waals surface area (Å²) in [5, 5.41) is 8.94. The van der Waals surface area contributed by atoms with E-state index < -0.39 is 0 Å². The zero-order valence-corrected chi connectivity index (χ0v) is 11.3. The molecule has 1 aromatic carbocycles. The molecule has 90 valence electrons. The minimum atomic E-state index is 0.0423. The van der Waals surface area contributed by atoms with Crippen molar-refractivity contribution in [2.24, 2.45) is 0 Å². The van der Waals surface area contributed by atoms with E-state index >= 15 is 0 Å². The van der Waals surface area contributed by atoms with Crippen LogP contribution in [0.2, 0.25) is 0 Å². The Kier molecular flexibility index (Phi) is 6.70. The van der Waals surface area contributed by atoms with E-state index in [9.17, 15) is 0 Å². The first kappa shape index (κ1) is 13.7. The molecule has 0 amide bonds. The predicted octanol–water partition coefficient (Wildman–Crippen LogP) is 1.78. The summed E-state index contributed by atoms with van der Waals surface area (Å²) in [5.74, 6) is 0.759. The van der Waals surface area contributed by atoms with Gasteiger partial charge in [-0.25, -0.2) is 0 Å². The second kappa shape index (κ2) is 7.83. The van der Waals surface area contributed by atoms with E-state index in [2.05, 4.69) is 22.6 Å². The molecule has 0 aromatic heterocycles. The van der Waals surface area contributed by atoms with Crippen LogP contribution in [0.4, 0.5) is 0 Å². The highest BCUT2D eigenvalue weighted by atomic mass is 127. The van der Waals surface area contributed by atoms with E-state index in [1.807, 2.05) is 18.2 Å². The molecule has 0 aliphatic rings. The molecule has 0 saturated heterocycles. The molecule has 0 aliphatic heterocycles. The lowest BCUT2D eigenvalue weighted by Crippen LogP contribution is -2.08. The number of ether oxygens (including phenoxy) is 3. The lowest BCUT2D eigenvalue weighted by Gasteiger charge is -2.09. The molecule has 0 bridgehead atoms. The Bertz CT molecular complexity index is 317. The molecule has 0 radical (unpaired) electrons. The Morgan fingerprint density at radius 3 is 2.75 bits per heavy atom. The van der Waals surface area contributed by atoms with Gasteiger partial charge in [-0.1, -0.05) is 6.07 Å². The van der Waals surface area contributed by atoms with Gasteiger partial charge in [0.1, 0.15) is 5.75 Å². The van der Waals surface area contributed by atoms with Crippen LogP contribution in [0.1, 0.15) is 5.56 Å². The average molecular weight is 338 g/mol. The van der Waals surface area contributed by atoms with Crippen LogP contribution in [0.15, 0.2) is 18.2 Å². The van der Waals surface area contributed by atoms with Gasteiger partial charge in [0.15, 0.2) is 6.79 Å². The summed E-state index contributed by atoms with van der Waals surface area (Å²) in [4.78, 5) is 0. The van der Waals surface area contributed by atoms with Crippen molar-refractivity contribution in [1.29, 1.82) is 0 Å². The maximum Gasteiger partial charge on any atom is 0.189 e. The van der Waals surface area contributed by atoms with E-state index in [0.29, 0.717) is 13.2 Å². The number of rotatable bonds is 7. The topological polar surface area (TPSA) is 47.9 Å². The van der Waals surface area contributed by atoms with Gasteiger partial charge >= 0.3 is 0 Å². The molecule has 5 heteroatoms. The van der Waals surface area contributed by atoms with Crippen molar-refractivity contribution in [3.63, 3.8) is 0 Å². The predicted molar refractivity (Wildman–Crippen MR) is 68.4 cm³/mol. The smallest absolute Gasteiger partial charge is 0.189 e. The molecular weight excluding hydrogens is 323 g/mol. The summed E-state index contributed by atoms with van der Waals surface area (Å²) in [7, 11) is 1.63. The fraction of sp³-hybridized carbons (Fsp3) is 0.455. The van der Waals surface area contributed by atoms with E-state index in [1.54, 1.807) is 7.11 Å². The third kappa shape index (κ3) is 4.65. The van der Waals surface area contributed by atoms with Crippen LogP contribution in [-0.4, -0.2) is 32.2 Å². The van der Waals surface area contributed by atoms with Gasteiger partial charge in [-0.05, 0) is 40.3 Å². The average Bonchev–Trinajstić information content (AvgIpc) is 2.30. The quantitative estimate of drug-likeness (QED) is 0.468. The van der Waals surface area contributed by atoms with Crippen molar-refractivity contribution in [2.45, 2.75) is 6.61 Å². The van der Waals surface area contributed by atoms with Crippen LogP contribution in [0.3, 0.4) is 0 Å². The number of halogens is 1. The van der Waals surface area contributed by atoms with Crippen molar-refractivity contribution >= 4 is 22.6 Å². The van der Waals surface area contributed by atoms with Crippen molar-refractivity contribution in [3.05, 3.63) is 27.3 Å². The first-order valence-electron chi connectivity index (χ1n) is 4.86. The van der Waals surface area contributed by atoms with E-state index in [1.165, 1.54) is 0 Å². The highest BCUT2D eigenvalue weighted by molar-refractivity contribution is 14.1. The SMILES string of the molecule is COCCOCOc1ccc(CO)cc1I. The van der Waals surface area contributed by atoms with Gasteiger partial charge in [-0.15, -0.1) is 0 Å². The number of hydrogen-bond acceptors (Lipinski definition) is 4. The van der Waals surface area contributed by atoms with Crippen LogP contribution >= 0.6 is 22.6 Å². The molecule has 0 unspecified atom stereocenters. The van der Waals surface area contributed by atoms with E-state index in [-0.39, 0.29) is 13.4 Å². The second-order valence-electron chi connectivity index (χ2n) is 3.09. The van der Waals surface area contributed by atoms with Crippen LogP contribution in [0.5, 0.6) is 5.75 Å². The van der Waals surface area contributed by atoms with Crippen LogP contribution < -0.4 is 4.74 Å². The van der Waals surface area contributed by atoms with Gasteiger partial charge in [0.05, 0.1) is 23.4 Å². The standard InChI is InChI=1S/C11H15IO4/c1-14-4-5-15-8-16-11-3-2-9(7-13)6-10(11)12/h2-3,6,13H,4-5,7-8H2,1H3. The number of aliphatic hydroxyl groups excluding tert-OH is 1. The number of methoxy groups -OCH3 is 1. The van der Waals surface area contributed by atoms with Crippen LogP contribution in [-0.2, 0) is 16.1 Å². The monoisotopic (exact) mass is 338 g/mol. The Balaban J connectivity index is 2.36. The first-order valence-corrected chi connectivity index (χ1v) is 5.94. The fourth-order valence-electron chi connectivity index (χ4n) is 1.07. The van der Waals surface area contributed by atoms with Crippen molar-refractivity contribution in [3.8, 4) is 5.75 Å². The summed E-state index contributed by atoms with van der Waals surface area (Å²) in [6.07, 6.45) is 0. The van der Waals surface area contributed by atoms with Gasteiger partial charge in [-0.2, -0.15) is 0 Å². The van der Waals surface area contributed by atoms with Gasteiger partial charge in [0.2, 0.25) is 0 Å². The minimum Gasteiger partial charge on any atom is -0.466 e. The van der Waals surface area contributed by atoms with E-state index in [0.717, 1.165) is 14.9 Å². The van der Waals surface area contributed by atoms with Gasteiger partial charge in [0, 0.05) is 7.11 Å². The normalized spacial score (nSPS) is 10.4. The molecule has 0 aliphatic carbocycles. The maximum atomic E-state index is 8.94. The first-order chi connectivity index (χ1) is 7.77. The molecule has 4 nitrogen and oxygen atoms in total. The molecule has 0 spiro atoms. The summed E-state index contributed by atoms with van der Waals surface area (Å²) >= 11 is 2.16. The second-order valence-corrected chi connectivity index (χ2v) is 4.25. The highest BCUT2D eigenvalue weighted by Gasteiger charge is 2.01. The van der Waals surface area contributed by atoms with Crippen LogP contribution in [0, 0.1) is 3.57 Å². The van der Waals surface area contributed by atoms with Crippen molar-refractivity contribution < 1.29 is 19.3 Å². The molecule has 0 atom stereocenters. The molecule has 1 N–H and O–H groups in total. The zero-order chi connectivity index (χ0) is 11.8. The largest absolute Gasteiger partial charge is 0.466 e. The third-order valence-corrected chi connectivity index (χ3v) is 2.75. The van der Waals surface area contributed by atoms with Gasteiger partial charge < -0.3 is 19.3 Å². The number of hydrogen-bond donors (Lipinski definition) is 1. The maximum absolute atomic E-state index is 8.94. The lowest BCUT2D eigenvalue weighted by atomic mass is 10.2. The van der Waals surface area contributed by atoms with Gasteiger partial charge in [-0.3, -0.25) is 0 Å². The Labute approximate surface area is 109 Å². The molecular formula is C11H15IO4. The Morgan fingerprint density at radius 2 is 2.12 bits per heavy atom. The van der Waals surface area contributed by atoms with Crippen molar-refractivity contribution in [1.82, 2.24) is 0 Å². The molecule has 0 fully saturated rings. The molecule has 1 aromatic rings. The Hall–Kier alpha value is -0.370. The number of benzene rings is 1. The van der Waals surface area contributed by atoms with Crippen LogP contribution in [0.25, 0.3) is 0 Å². The summed E-state index contributed by atoms with van der Waals surface area (Å²) < 4.78 is 16.4. The molecule has 1 rings (SSSR count). The molecule has 16 heavy (non-hydrogen) atoms. The minimum absolute atomic E-state index is 0.0423. The number of aliphatic hydroxyl groups is 1. The molecule has 0 heterocycles. The van der Waals surface area contributed by atoms with Crippen molar-refractivity contribution in [2.75, 3.05) is 27.1 Å². The molecule has 0 saturated carbocycles. The summed E-state index contributed by atoms with van der Waals surface area (Å²) in [6, 6.07) is 5.53. The lowest BCUT2D eigenvalue weighted by molar-refractivity contribution is -0.00885. The fourth-order valence-corrected chi connectivity index (χ4v) is 1.80. The summed E-state index contributed by atoms with van der Waals surface area (Å²) in [6.45, 7) is 1.32. The van der Waals surface area contributed by atoms with Gasteiger partial charge in [0.25, 0.3) is 0 Å². The van der Waals surface area contributed by atoms with E-state index in [4.69, 9.17) is 19.3 Å². The third-order valence-electron chi connectivity index (χ3n) is 1.91. The Morgan fingerprint density at radius 1 is 1.31 bits per heavy atom. The highest BCUT2D eigenvalue weighted by Crippen LogP contribution is 2.22. The summed E-state index contributed by atoms with van der Waals surface area (Å²) in [5.41, 5.74) is 0.872.